The monoisotopic (exact) mass is 178 g/mol. The molecule has 0 atom stereocenters. The molecule has 0 saturated carbocycles. The average Bonchev–Trinajstić information content (AvgIpc) is 2.20. The van der Waals surface area contributed by atoms with Gasteiger partial charge in [-0.05, 0) is 25.3 Å². The van der Waals surface area contributed by atoms with Gasteiger partial charge in [0.25, 0.3) is 0 Å². The van der Waals surface area contributed by atoms with E-state index < -0.39 is 0 Å². The summed E-state index contributed by atoms with van der Waals surface area (Å²) in [6, 6.07) is 7.67. The molecule has 3 N–H and O–H groups in total. The van der Waals surface area contributed by atoms with E-state index >= 15 is 0 Å². The van der Waals surface area contributed by atoms with Crippen molar-refractivity contribution in [3.05, 3.63) is 36.5 Å². The zero-order valence-electron chi connectivity index (χ0n) is 8.54. The third kappa shape index (κ3) is 4.21. The lowest BCUT2D eigenvalue weighted by atomic mass is 10.3. The van der Waals surface area contributed by atoms with Crippen LogP contribution < -0.4 is 11.1 Å². The van der Waals surface area contributed by atoms with Crippen LogP contribution in [0, 0.1) is 0 Å². The first-order chi connectivity index (χ1) is 6.34. The van der Waals surface area contributed by atoms with Crippen LogP contribution in [0.5, 0.6) is 0 Å². The molecule has 0 bridgehead atoms. The van der Waals surface area contributed by atoms with Crippen LogP contribution in [0.4, 0.5) is 11.4 Å². The van der Waals surface area contributed by atoms with E-state index in [0.29, 0.717) is 0 Å². The van der Waals surface area contributed by atoms with E-state index in [-0.39, 0.29) is 0 Å². The van der Waals surface area contributed by atoms with Gasteiger partial charge in [0.2, 0.25) is 0 Å². The Bertz CT molecular complexity index is 254. The van der Waals surface area contributed by atoms with E-state index in [1.165, 1.54) is 0 Å². The third-order valence-corrected chi connectivity index (χ3v) is 1.37. The second kappa shape index (κ2) is 7.22. The molecule has 0 heterocycles. The molecule has 0 radical (unpaired) electrons. The number of benzene rings is 1. The summed E-state index contributed by atoms with van der Waals surface area (Å²) in [5.74, 6) is 0. The van der Waals surface area contributed by atoms with Gasteiger partial charge in [-0.2, -0.15) is 0 Å². The lowest BCUT2D eigenvalue weighted by Crippen LogP contribution is -1.93. The minimum absolute atomic E-state index is 0.769. The largest absolute Gasteiger partial charge is 0.397 e. The van der Waals surface area contributed by atoms with E-state index in [9.17, 15) is 0 Å². The molecular weight excluding hydrogens is 160 g/mol. The number of nitrogens with one attached hydrogen (secondary N) is 1. The van der Waals surface area contributed by atoms with Crippen molar-refractivity contribution in [1.29, 1.82) is 0 Å². The normalized spacial score (nSPS) is 9.15. The van der Waals surface area contributed by atoms with Crippen molar-refractivity contribution in [2.24, 2.45) is 0 Å². The number of nitrogen functional groups attached to an aromatic ring is 1. The number of anilines is 2. The van der Waals surface area contributed by atoms with E-state index in [2.05, 4.69) is 5.32 Å². The van der Waals surface area contributed by atoms with E-state index in [1.54, 1.807) is 0 Å². The number of hydrogen-bond acceptors (Lipinski definition) is 2. The van der Waals surface area contributed by atoms with Crippen LogP contribution in [0.2, 0.25) is 0 Å². The highest BCUT2D eigenvalue weighted by Gasteiger charge is 1.90. The molecule has 0 aromatic heterocycles. The van der Waals surface area contributed by atoms with Crippen molar-refractivity contribution in [3.63, 3.8) is 0 Å². The number of para-hydroxylation sites is 2. The highest BCUT2D eigenvalue weighted by Crippen LogP contribution is 2.15. The van der Waals surface area contributed by atoms with Crippen molar-refractivity contribution < 1.29 is 0 Å². The Hall–Kier alpha value is -1.44. The van der Waals surface area contributed by atoms with Crippen molar-refractivity contribution in [1.82, 2.24) is 0 Å². The van der Waals surface area contributed by atoms with Gasteiger partial charge < -0.3 is 11.1 Å². The Labute approximate surface area is 80.5 Å². The summed E-state index contributed by atoms with van der Waals surface area (Å²) >= 11 is 0. The topological polar surface area (TPSA) is 38.0 Å². The van der Waals surface area contributed by atoms with Crippen LogP contribution in [-0.4, -0.2) is 0 Å². The number of nitrogens with two attached hydrogens (primary N) is 1. The van der Waals surface area contributed by atoms with Crippen LogP contribution in [0.1, 0.15) is 20.8 Å². The van der Waals surface area contributed by atoms with Gasteiger partial charge in [0.1, 0.15) is 0 Å². The number of allylic oxidation sites excluding steroid dienone is 1. The number of hydrogen-bond donors (Lipinski definition) is 2. The molecule has 13 heavy (non-hydrogen) atoms. The summed E-state index contributed by atoms with van der Waals surface area (Å²) in [4.78, 5) is 0. The van der Waals surface area contributed by atoms with Crippen molar-refractivity contribution >= 4 is 11.4 Å². The highest BCUT2D eigenvalue weighted by molar-refractivity contribution is 5.66. The maximum Gasteiger partial charge on any atom is 0.0613 e. The Morgan fingerprint density at radius 1 is 1.23 bits per heavy atom. The standard InChI is InChI=1S/C9H12N2.C2H6/c1-2-7-11-9-6-4-3-5-8(9)10;1-2/h2-7,11H,10H2,1H3;1-2H3/b7-2-;. The predicted molar refractivity (Wildman–Crippen MR) is 60.6 cm³/mol. The summed E-state index contributed by atoms with van der Waals surface area (Å²) in [7, 11) is 0. The smallest absolute Gasteiger partial charge is 0.0613 e. The molecule has 0 fully saturated rings. The molecule has 2 heteroatoms. The Kier molecular flexibility index (Phi) is 6.42. The van der Waals surface area contributed by atoms with Crippen molar-refractivity contribution in [3.8, 4) is 0 Å². The maximum absolute atomic E-state index is 5.66. The SMILES string of the molecule is C/C=C\Nc1ccccc1N.CC. The van der Waals surface area contributed by atoms with Gasteiger partial charge in [-0.3, -0.25) is 0 Å². The van der Waals surface area contributed by atoms with Crippen LogP contribution in [-0.2, 0) is 0 Å². The van der Waals surface area contributed by atoms with Crippen LogP contribution >= 0.6 is 0 Å². The molecule has 0 spiro atoms. The second-order valence-corrected chi connectivity index (χ2v) is 2.23. The summed E-state index contributed by atoms with van der Waals surface area (Å²) < 4.78 is 0. The zero-order valence-corrected chi connectivity index (χ0v) is 8.54. The summed E-state index contributed by atoms with van der Waals surface area (Å²) in [5, 5.41) is 3.06. The average molecular weight is 178 g/mol. The van der Waals surface area contributed by atoms with E-state index in [0.717, 1.165) is 11.4 Å². The fourth-order valence-corrected chi connectivity index (χ4v) is 0.802. The minimum atomic E-state index is 0.769. The highest BCUT2D eigenvalue weighted by atomic mass is 14.9. The first-order valence-electron chi connectivity index (χ1n) is 4.57. The van der Waals surface area contributed by atoms with E-state index in [1.807, 2.05) is 57.3 Å². The van der Waals surface area contributed by atoms with Crippen molar-refractivity contribution in [2.75, 3.05) is 11.1 Å². The van der Waals surface area contributed by atoms with Gasteiger partial charge in [0.05, 0.1) is 11.4 Å². The van der Waals surface area contributed by atoms with Crippen LogP contribution in [0.25, 0.3) is 0 Å². The molecule has 72 valence electrons. The van der Waals surface area contributed by atoms with Gasteiger partial charge in [0, 0.05) is 0 Å². The molecule has 1 aromatic rings. The summed E-state index contributed by atoms with van der Waals surface area (Å²) in [6.07, 6.45) is 3.78. The Balaban J connectivity index is 0.000000671. The van der Waals surface area contributed by atoms with Gasteiger partial charge in [0.15, 0.2) is 0 Å². The second-order valence-electron chi connectivity index (χ2n) is 2.23. The molecule has 1 rings (SSSR count). The third-order valence-electron chi connectivity index (χ3n) is 1.37. The molecule has 0 aliphatic carbocycles. The lowest BCUT2D eigenvalue weighted by Gasteiger charge is -2.02. The van der Waals surface area contributed by atoms with Gasteiger partial charge >= 0.3 is 0 Å². The molecular formula is C11H18N2. The Morgan fingerprint density at radius 2 is 1.85 bits per heavy atom. The first kappa shape index (κ1) is 11.6. The molecule has 1 aromatic carbocycles. The summed E-state index contributed by atoms with van der Waals surface area (Å²) in [6.45, 7) is 5.95. The fourth-order valence-electron chi connectivity index (χ4n) is 0.802. The van der Waals surface area contributed by atoms with Gasteiger partial charge in [-0.25, -0.2) is 0 Å². The maximum atomic E-state index is 5.66. The quantitative estimate of drug-likeness (QED) is 0.682. The lowest BCUT2D eigenvalue weighted by molar-refractivity contribution is 1.50. The number of rotatable bonds is 2. The minimum Gasteiger partial charge on any atom is -0.397 e. The Morgan fingerprint density at radius 3 is 2.38 bits per heavy atom. The molecule has 0 amide bonds. The molecule has 0 aliphatic rings. The predicted octanol–water partition coefficient (Wildman–Crippen LogP) is 3.24. The van der Waals surface area contributed by atoms with Crippen molar-refractivity contribution in [2.45, 2.75) is 20.8 Å². The van der Waals surface area contributed by atoms with E-state index in [4.69, 9.17) is 5.73 Å². The zero-order chi connectivity index (χ0) is 10.1. The van der Waals surface area contributed by atoms with Gasteiger partial charge in [-0.1, -0.05) is 32.1 Å². The molecule has 0 saturated heterocycles. The summed E-state index contributed by atoms with van der Waals surface area (Å²) in [5.41, 5.74) is 7.38. The molecule has 0 unspecified atom stereocenters. The van der Waals surface area contributed by atoms with Crippen LogP contribution in [0.15, 0.2) is 36.5 Å². The molecule has 0 aliphatic heterocycles. The molecule has 2 nitrogen and oxygen atoms in total. The first-order valence-corrected chi connectivity index (χ1v) is 4.57. The van der Waals surface area contributed by atoms with Crippen LogP contribution in [0.3, 0.4) is 0 Å². The van der Waals surface area contributed by atoms with Gasteiger partial charge in [-0.15, -0.1) is 0 Å². The fraction of sp³-hybridized carbons (Fsp3) is 0.273.